The summed E-state index contributed by atoms with van der Waals surface area (Å²) in [5.74, 6) is -1.07. The topological polar surface area (TPSA) is 66.8 Å². The van der Waals surface area contributed by atoms with Crippen molar-refractivity contribution >= 4 is 23.4 Å². The molecule has 1 aliphatic rings. The summed E-state index contributed by atoms with van der Waals surface area (Å²) in [5.41, 5.74) is -0.645. The second-order valence-corrected chi connectivity index (χ2v) is 4.70. The highest BCUT2D eigenvalue weighted by Gasteiger charge is 2.38. The van der Waals surface area contributed by atoms with Gasteiger partial charge >= 0.3 is 0 Å². The van der Waals surface area contributed by atoms with Gasteiger partial charge in [0.2, 0.25) is 0 Å². The minimum Gasteiger partial charge on any atom is -0.386 e. The average molecular weight is 284 g/mol. The fraction of sp³-hybridized carbons (Fsp3) is 0.385. The number of halogens is 1. The van der Waals surface area contributed by atoms with Crippen molar-refractivity contribution in [3.05, 3.63) is 35.4 Å². The van der Waals surface area contributed by atoms with Crippen molar-refractivity contribution in [2.75, 3.05) is 12.5 Å². The van der Waals surface area contributed by atoms with Crippen LogP contribution in [0.1, 0.15) is 34.1 Å². The van der Waals surface area contributed by atoms with E-state index in [-0.39, 0.29) is 12.5 Å². The Morgan fingerprint density at radius 1 is 1.26 bits per heavy atom. The van der Waals surface area contributed by atoms with Gasteiger partial charge in [-0.1, -0.05) is 19.1 Å². The van der Waals surface area contributed by atoms with Crippen molar-refractivity contribution in [1.82, 2.24) is 5.06 Å². The quantitative estimate of drug-likeness (QED) is 0.658. The van der Waals surface area contributed by atoms with E-state index in [4.69, 9.17) is 16.4 Å². The summed E-state index contributed by atoms with van der Waals surface area (Å²) in [7, 11) is 0. The van der Waals surface area contributed by atoms with Crippen LogP contribution in [0.3, 0.4) is 0 Å². The molecule has 0 aliphatic carbocycles. The van der Waals surface area contributed by atoms with Crippen LogP contribution in [0, 0.1) is 0 Å². The first kappa shape index (κ1) is 14.0. The fourth-order valence-corrected chi connectivity index (χ4v) is 1.97. The summed E-state index contributed by atoms with van der Waals surface area (Å²) in [4.78, 5) is 29.1. The van der Waals surface area contributed by atoms with E-state index in [1.807, 2.05) is 0 Å². The van der Waals surface area contributed by atoms with Crippen molar-refractivity contribution in [3.8, 4) is 0 Å². The maximum atomic E-state index is 12.0. The lowest BCUT2D eigenvalue weighted by atomic mass is 10.1. The van der Waals surface area contributed by atoms with Crippen LogP contribution < -0.4 is 0 Å². The molecular weight excluding hydrogens is 270 g/mol. The lowest BCUT2D eigenvalue weighted by Gasteiger charge is -2.25. The number of aliphatic hydroxyl groups is 1. The Hall–Kier alpha value is -1.43. The van der Waals surface area contributed by atoms with E-state index in [1.54, 1.807) is 31.2 Å². The van der Waals surface area contributed by atoms with Crippen LogP contribution in [-0.2, 0) is 4.84 Å². The van der Waals surface area contributed by atoms with E-state index in [9.17, 15) is 14.7 Å². The Kier molecular flexibility index (Phi) is 3.89. The van der Waals surface area contributed by atoms with Gasteiger partial charge in [0.15, 0.2) is 0 Å². The van der Waals surface area contributed by atoms with E-state index in [0.29, 0.717) is 22.6 Å². The zero-order valence-electron chi connectivity index (χ0n) is 10.4. The molecule has 1 atom stereocenters. The molecule has 1 heterocycles. The summed E-state index contributed by atoms with van der Waals surface area (Å²) < 4.78 is 0. The number of rotatable bonds is 5. The molecule has 0 saturated carbocycles. The Balaban J connectivity index is 2.13. The maximum Gasteiger partial charge on any atom is 0.285 e. The number of benzene rings is 1. The van der Waals surface area contributed by atoms with Crippen molar-refractivity contribution in [3.63, 3.8) is 0 Å². The second kappa shape index (κ2) is 5.28. The first-order valence-corrected chi connectivity index (χ1v) is 6.45. The molecule has 0 unspecified atom stereocenters. The van der Waals surface area contributed by atoms with Crippen molar-refractivity contribution < 1.29 is 19.5 Å². The second-order valence-electron chi connectivity index (χ2n) is 4.44. The first-order valence-electron chi connectivity index (χ1n) is 5.91. The van der Waals surface area contributed by atoms with Crippen LogP contribution in [0.15, 0.2) is 24.3 Å². The van der Waals surface area contributed by atoms with Crippen molar-refractivity contribution in [1.29, 1.82) is 0 Å². The highest BCUT2D eigenvalue weighted by Crippen LogP contribution is 2.24. The van der Waals surface area contributed by atoms with E-state index < -0.39 is 17.4 Å². The number of hydrogen-bond acceptors (Lipinski definition) is 4. The third kappa shape index (κ3) is 2.49. The van der Waals surface area contributed by atoms with E-state index in [0.717, 1.165) is 0 Å². The zero-order valence-corrected chi connectivity index (χ0v) is 11.2. The standard InChI is InChI=1S/C13H14ClNO4/c1-2-13(18,7-14)8-19-15-11(16)9-5-3-4-6-10(9)12(15)17/h3-6,18H,2,7-8H2,1H3/t13-/m0/s1. The van der Waals surface area contributed by atoms with Gasteiger partial charge in [-0.25, -0.2) is 0 Å². The molecule has 5 nitrogen and oxygen atoms in total. The Morgan fingerprint density at radius 3 is 2.21 bits per heavy atom. The van der Waals surface area contributed by atoms with Crippen LogP contribution in [0.2, 0.25) is 0 Å². The monoisotopic (exact) mass is 283 g/mol. The maximum absolute atomic E-state index is 12.0. The highest BCUT2D eigenvalue weighted by atomic mass is 35.5. The minimum atomic E-state index is -1.25. The molecule has 0 saturated heterocycles. The van der Waals surface area contributed by atoms with Crippen LogP contribution >= 0.6 is 11.6 Å². The molecule has 1 N–H and O–H groups in total. The largest absolute Gasteiger partial charge is 0.386 e. The molecule has 2 rings (SSSR count). The molecule has 102 valence electrons. The predicted molar refractivity (Wildman–Crippen MR) is 68.9 cm³/mol. The normalized spacial score (nSPS) is 17.5. The van der Waals surface area contributed by atoms with E-state index >= 15 is 0 Å². The molecule has 1 aromatic rings. The Morgan fingerprint density at radius 2 is 1.79 bits per heavy atom. The number of hydroxylamine groups is 2. The lowest BCUT2D eigenvalue weighted by molar-refractivity contribution is -0.141. The van der Waals surface area contributed by atoms with Gasteiger partial charge < -0.3 is 5.11 Å². The molecule has 0 aromatic heterocycles. The number of nitrogens with zero attached hydrogens (tertiary/aromatic N) is 1. The molecule has 1 aliphatic heterocycles. The van der Waals surface area contributed by atoms with Crippen LogP contribution in [0.5, 0.6) is 0 Å². The number of fused-ring (bicyclic) bond motifs is 1. The molecule has 6 heteroatoms. The molecule has 1 aromatic carbocycles. The highest BCUT2D eigenvalue weighted by molar-refractivity contribution is 6.20. The molecule has 0 spiro atoms. The Bertz CT molecular complexity index is 478. The zero-order chi connectivity index (χ0) is 14.0. The van der Waals surface area contributed by atoms with Crippen LogP contribution in [-0.4, -0.2) is 40.1 Å². The van der Waals surface area contributed by atoms with Crippen LogP contribution in [0.4, 0.5) is 0 Å². The SMILES string of the molecule is CC[C@](O)(CCl)CON1C(=O)c2ccccc2C1=O. The molecule has 0 bridgehead atoms. The fourth-order valence-electron chi connectivity index (χ4n) is 1.70. The van der Waals surface area contributed by atoms with Gasteiger partial charge in [0.1, 0.15) is 12.2 Å². The minimum absolute atomic E-state index is 0.0351. The van der Waals surface area contributed by atoms with Gasteiger partial charge in [0.25, 0.3) is 11.8 Å². The predicted octanol–water partition coefficient (Wildman–Crippen LogP) is 1.59. The van der Waals surface area contributed by atoms with Gasteiger partial charge in [-0.3, -0.25) is 14.4 Å². The smallest absolute Gasteiger partial charge is 0.285 e. The summed E-state index contributed by atoms with van der Waals surface area (Å²) in [6, 6.07) is 6.47. The van der Waals surface area contributed by atoms with Gasteiger partial charge in [-0.05, 0) is 18.6 Å². The molecule has 0 radical (unpaired) electrons. The average Bonchev–Trinajstić information content (AvgIpc) is 2.69. The molecule has 0 fully saturated rings. The Labute approximate surface area is 115 Å². The van der Waals surface area contributed by atoms with E-state index in [1.165, 1.54) is 0 Å². The first-order chi connectivity index (χ1) is 9.02. The third-order valence-electron chi connectivity index (χ3n) is 3.13. The number of alkyl halides is 1. The van der Waals surface area contributed by atoms with Gasteiger partial charge in [0, 0.05) is 0 Å². The van der Waals surface area contributed by atoms with Gasteiger partial charge in [-0.2, -0.15) is 0 Å². The lowest BCUT2D eigenvalue weighted by Crippen LogP contribution is -2.41. The summed E-state index contributed by atoms with van der Waals surface area (Å²) in [5, 5.41) is 10.7. The summed E-state index contributed by atoms with van der Waals surface area (Å²) in [6.45, 7) is 1.53. The summed E-state index contributed by atoms with van der Waals surface area (Å²) in [6.07, 6.45) is 0.361. The van der Waals surface area contributed by atoms with E-state index in [2.05, 4.69) is 0 Å². The van der Waals surface area contributed by atoms with Crippen LogP contribution in [0.25, 0.3) is 0 Å². The number of hydrogen-bond donors (Lipinski definition) is 1. The van der Waals surface area contributed by atoms with Crippen molar-refractivity contribution in [2.24, 2.45) is 0 Å². The third-order valence-corrected chi connectivity index (χ3v) is 3.62. The van der Waals surface area contributed by atoms with Crippen molar-refractivity contribution in [2.45, 2.75) is 18.9 Å². The van der Waals surface area contributed by atoms with Gasteiger partial charge in [0.05, 0.1) is 17.0 Å². The number of carbonyl (C=O) groups excluding carboxylic acids is 2. The molecule has 2 amide bonds. The number of carbonyl (C=O) groups is 2. The van der Waals surface area contributed by atoms with Gasteiger partial charge in [-0.15, -0.1) is 16.7 Å². The number of amides is 2. The molecule has 19 heavy (non-hydrogen) atoms. The number of imide groups is 1. The summed E-state index contributed by atoms with van der Waals surface area (Å²) >= 11 is 5.64. The molecular formula is C13H14ClNO4.